The Balaban J connectivity index is 1.46. The summed E-state index contributed by atoms with van der Waals surface area (Å²) in [7, 11) is 0. The number of hydrogen-bond acceptors (Lipinski definition) is 4. The maximum atomic E-state index is 11.9. The van der Waals surface area contributed by atoms with E-state index >= 15 is 0 Å². The molecule has 26 heavy (non-hydrogen) atoms. The number of para-hydroxylation sites is 2. The van der Waals surface area contributed by atoms with Gasteiger partial charge in [0.25, 0.3) is 5.91 Å². The lowest BCUT2D eigenvalue weighted by molar-refractivity contribution is -0.147. The molecule has 0 bridgehead atoms. The molecule has 5 nitrogen and oxygen atoms in total. The zero-order valence-electron chi connectivity index (χ0n) is 13.9. The van der Waals surface area contributed by atoms with Crippen LogP contribution in [-0.2, 0) is 20.7 Å². The van der Waals surface area contributed by atoms with Crippen molar-refractivity contribution in [3.63, 3.8) is 0 Å². The fourth-order valence-electron chi connectivity index (χ4n) is 2.44. The molecule has 0 unspecified atom stereocenters. The van der Waals surface area contributed by atoms with Gasteiger partial charge in [-0.05, 0) is 46.9 Å². The number of pyridine rings is 1. The molecular formula is C20H17IN2O3. The van der Waals surface area contributed by atoms with E-state index in [1.807, 2.05) is 54.6 Å². The van der Waals surface area contributed by atoms with Gasteiger partial charge in [-0.1, -0.05) is 36.4 Å². The molecule has 1 amide bonds. The van der Waals surface area contributed by atoms with E-state index < -0.39 is 5.97 Å². The molecule has 0 atom stereocenters. The second-order valence-corrected chi connectivity index (χ2v) is 6.85. The van der Waals surface area contributed by atoms with Gasteiger partial charge in [-0.15, -0.1) is 0 Å². The highest BCUT2D eigenvalue weighted by Crippen LogP contribution is 2.16. The second kappa shape index (κ2) is 8.75. The molecule has 0 aliphatic rings. The Morgan fingerprint density at radius 2 is 1.77 bits per heavy atom. The first kappa shape index (κ1) is 18.3. The van der Waals surface area contributed by atoms with Crippen molar-refractivity contribution < 1.29 is 14.3 Å². The van der Waals surface area contributed by atoms with Crippen LogP contribution in [0.1, 0.15) is 12.1 Å². The number of carbonyl (C=O) groups excluding carboxylic acids is 2. The first-order chi connectivity index (χ1) is 12.6. The van der Waals surface area contributed by atoms with E-state index in [-0.39, 0.29) is 18.9 Å². The van der Waals surface area contributed by atoms with Gasteiger partial charge in [-0.25, -0.2) is 0 Å². The lowest BCUT2D eigenvalue weighted by Gasteiger charge is -2.08. The number of amides is 1. The molecule has 6 heteroatoms. The van der Waals surface area contributed by atoms with E-state index in [0.29, 0.717) is 12.1 Å². The number of carbonyl (C=O) groups is 2. The molecule has 2 aromatic carbocycles. The zero-order chi connectivity index (χ0) is 18.4. The molecule has 0 aliphatic heterocycles. The maximum absolute atomic E-state index is 11.9. The van der Waals surface area contributed by atoms with Crippen molar-refractivity contribution in [1.29, 1.82) is 0 Å². The molecular weight excluding hydrogens is 443 g/mol. The number of aromatic nitrogens is 1. The van der Waals surface area contributed by atoms with Gasteiger partial charge in [0.05, 0.1) is 17.6 Å². The molecule has 1 aromatic heterocycles. The van der Waals surface area contributed by atoms with Crippen molar-refractivity contribution in [2.24, 2.45) is 0 Å². The van der Waals surface area contributed by atoms with Gasteiger partial charge in [0.2, 0.25) is 0 Å². The number of rotatable bonds is 6. The SMILES string of the molecule is O=C(COC(=O)CCc1ccc2ccccc2n1)Nc1ccccc1I. The number of anilines is 1. The number of benzene rings is 2. The first-order valence-corrected chi connectivity index (χ1v) is 9.24. The third kappa shape index (κ3) is 5.01. The molecule has 132 valence electrons. The molecule has 0 fully saturated rings. The predicted octanol–water partition coefficient (Wildman–Crippen LogP) is 3.95. The van der Waals surface area contributed by atoms with Gasteiger partial charge >= 0.3 is 5.97 Å². The van der Waals surface area contributed by atoms with E-state index in [0.717, 1.165) is 20.2 Å². The predicted molar refractivity (Wildman–Crippen MR) is 109 cm³/mol. The minimum absolute atomic E-state index is 0.182. The summed E-state index contributed by atoms with van der Waals surface area (Å²) in [5.41, 5.74) is 2.42. The monoisotopic (exact) mass is 460 g/mol. The molecule has 0 saturated carbocycles. The van der Waals surface area contributed by atoms with Crippen molar-refractivity contribution in [2.45, 2.75) is 12.8 Å². The third-order valence-corrected chi connectivity index (χ3v) is 4.69. The quantitative estimate of drug-likeness (QED) is 0.447. The van der Waals surface area contributed by atoms with Crippen LogP contribution in [0.5, 0.6) is 0 Å². The fourth-order valence-corrected chi connectivity index (χ4v) is 2.97. The van der Waals surface area contributed by atoms with Crippen LogP contribution in [0.2, 0.25) is 0 Å². The maximum Gasteiger partial charge on any atom is 0.306 e. The normalized spacial score (nSPS) is 10.5. The van der Waals surface area contributed by atoms with Crippen LogP contribution in [0.15, 0.2) is 60.7 Å². The number of ether oxygens (including phenoxy) is 1. The van der Waals surface area contributed by atoms with Crippen LogP contribution >= 0.6 is 22.6 Å². The number of nitrogens with zero attached hydrogens (tertiary/aromatic N) is 1. The molecule has 0 saturated heterocycles. The number of halogens is 1. The van der Waals surface area contributed by atoms with Gasteiger partial charge in [0.15, 0.2) is 6.61 Å². The smallest absolute Gasteiger partial charge is 0.306 e. The minimum atomic E-state index is -0.419. The van der Waals surface area contributed by atoms with E-state index in [4.69, 9.17) is 4.74 Å². The summed E-state index contributed by atoms with van der Waals surface area (Å²) in [5, 5.41) is 3.78. The van der Waals surface area contributed by atoms with Crippen molar-refractivity contribution in [3.05, 3.63) is 69.9 Å². The van der Waals surface area contributed by atoms with Crippen molar-refractivity contribution in [3.8, 4) is 0 Å². The largest absolute Gasteiger partial charge is 0.456 e. The summed E-state index contributed by atoms with van der Waals surface area (Å²) in [6.07, 6.45) is 0.656. The van der Waals surface area contributed by atoms with Crippen LogP contribution in [0.25, 0.3) is 10.9 Å². The summed E-state index contributed by atoms with van der Waals surface area (Å²) in [5.74, 6) is -0.774. The fraction of sp³-hybridized carbons (Fsp3) is 0.150. The topological polar surface area (TPSA) is 68.3 Å². The first-order valence-electron chi connectivity index (χ1n) is 8.16. The van der Waals surface area contributed by atoms with E-state index in [1.165, 1.54) is 0 Å². The highest BCUT2D eigenvalue weighted by molar-refractivity contribution is 14.1. The number of aryl methyl sites for hydroxylation is 1. The molecule has 0 radical (unpaired) electrons. The summed E-state index contributed by atoms with van der Waals surface area (Å²) < 4.78 is 5.97. The molecule has 3 rings (SSSR count). The van der Waals surface area contributed by atoms with Crippen molar-refractivity contribution in [2.75, 3.05) is 11.9 Å². The van der Waals surface area contributed by atoms with Crippen molar-refractivity contribution >= 4 is 51.1 Å². The van der Waals surface area contributed by atoms with E-state index in [9.17, 15) is 9.59 Å². The average molecular weight is 460 g/mol. The summed E-state index contributed by atoms with van der Waals surface area (Å²) in [6, 6.07) is 19.1. The molecule has 0 spiro atoms. The highest BCUT2D eigenvalue weighted by atomic mass is 127. The summed E-state index contributed by atoms with van der Waals surface area (Å²) in [6.45, 7) is -0.297. The van der Waals surface area contributed by atoms with Crippen LogP contribution in [0, 0.1) is 3.57 Å². The Kier molecular flexibility index (Phi) is 6.17. The van der Waals surface area contributed by atoms with Crippen LogP contribution in [-0.4, -0.2) is 23.5 Å². The van der Waals surface area contributed by atoms with Gasteiger partial charge < -0.3 is 10.1 Å². The Labute approximate surface area is 164 Å². The van der Waals surface area contributed by atoms with Gasteiger partial charge in [0, 0.05) is 21.1 Å². The second-order valence-electron chi connectivity index (χ2n) is 5.68. The van der Waals surface area contributed by atoms with Gasteiger partial charge in [-0.3, -0.25) is 14.6 Å². The zero-order valence-corrected chi connectivity index (χ0v) is 16.1. The number of nitrogens with one attached hydrogen (secondary N) is 1. The van der Waals surface area contributed by atoms with Gasteiger partial charge in [0.1, 0.15) is 0 Å². The summed E-state index contributed by atoms with van der Waals surface area (Å²) >= 11 is 2.13. The number of fused-ring (bicyclic) bond motifs is 1. The molecule has 1 N–H and O–H groups in total. The van der Waals surface area contributed by atoms with E-state index in [2.05, 4.69) is 32.9 Å². The molecule has 3 aromatic rings. The standard InChI is InChI=1S/C20H17IN2O3/c21-16-6-2-4-8-18(16)23-19(24)13-26-20(25)12-11-15-10-9-14-5-1-3-7-17(14)22-15/h1-10H,11-13H2,(H,23,24). The Morgan fingerprint density at radius 3 is 2.62 bits per heavy atom. The Bertz CT molecular complexity index is 943. The average Bonchev–Trinajstić information content (AvgIpc) is 2.66. The van der Waals surface area contributed by atoms with Crippen LogP contribution in [0.3, 0.4) is 0 Å². The molecule has 0 aliphatic carbocycles. The van der Waals surface area contributed by atoms with Crippen molar-refractivity contribution in [1.82, 2.24) is 4.98 Å². The summed E-state index contributed by atoms with van der Waals surface area (Å²) in [4.78, 5) is 28.3. The lowest BCUT2D eigenvalue weighted by Crippen LogP contribution is -2.21. The molecule has 1 heterocycles. The lowest BCUT2D eigenvalue weighted by atomic mass is 10.1. The van der Waals surface area contributed by atoms with Crippen LogP contribution < -0.4 is 5.32 Å². The van der Waals surface area contributed by atoms with E-state index in [1.54, 1.807) is 6.07 Å². The number of esters is 1. The van der Waals surface area contributed by atoms with Gasteiger partial charge in [-0.2, -0.15) is 0 Å². The highest BCUT2D eigenvalue weighted by Gasteiger charge is 2.10. The third-order valence-electron chi connectivity index (χ3n) is 3.75. The minimum Gasteiger partial charge on any atom is -0.456 e. The Hall–Kier alpha value is -2.48. The Morgan fingerprint density at radius 1 is 1.00 bits per heavy atom. The van der Waals surface area contributed by atoms with Crippen LogP contribution in [0.4, 0.5) is 5.69 Å². The number of hydrogen-bond donors (Lipinski definition) is 1.